The number of benzene rings is 1. The molecule has 3 nitrogen and oxygen atoms in total. The van der Waals surface area contributed by atoms with Crippen LogP contribution in [0.3, 0.4) is 0 Å². The monoisotopic (exact) mass is 259 g/mol. The van der Waals surface area contributed by atoms with Crippen LogP contribution in [0.5, 0.6) is 0 Å². The van der Waals surface area contributed by atoms with E-state index in [-0.39, 0.29) is 5.56 Å². The third-order valence-electron chi connectivity index (χ3n) is 2.24. The number of hydrogen-bond donors (Lipinski definition) is 2. The minimum atomic E-state index is -4.59. The van der Waals surface area contributed by atoms with E-state index in [2.05, 4.69) is 0 Å². The summed E-state index contributed by atoms with van der Waals surface area (Å²) in [5.74, 6) is -1.39. The second-order valence-electron chi connectivity index (χ2n) is 3.58. The van der Waals surface area contributed by atoms with Gasteiger partial charge in [0, 0.05) is 0 Å². The molecule has 3 N–H and O–H groups in total. The topological polar surface area (TPSA) is 63.3 Å². The molecule has 0 radical (unpaired) electrons. The first-order chi connectivity index (χ1) is 8.36. The SMILES string of the molecule is NCCC=Cc1ccc(C(=O)O)cc1C(F)(F)F. The van der Waals surface area contributed by atoms with Crippen molar-refractivity contribution in [2.24, 2.45) is 5.73 Å². The Kier molecular flexibility index (Phi) is 4.49. The van der Waals surface area contributed by atoms with Crippen molar-refractivity contribution in [3.63, 3.8) is 0 Å². The molecule has 0 aliphatic carbocycles. The lowest BCUT2D eigenvalue weighted by Crippen LogP contribution is -2.09. The zero-order valence-corrected chi connectivity index (χ0v) is 9.37. The van der Waals surface area contributed by atoms with Crippen molar-refractivity contribution in [3.8, 4) is 0 Å². The van der Waals surface area contributed by atoms with E-state index >= 15 is 0 Å². The summed E-state index contributed by atoms with van der Waals surface area (Å²) in [5.41, 5.74) is 3.81. The zero-order chi connectivity index (χ0) is 13.8. The number of alkyl halides is 3. The Balaban J connectivity index is 3.21. The van der Waals surface area contributed by atoms with Crippen LogP contribution in [-0.4, -0.2) is 17.6 Å². The van der Waals surface area contributed by atoms with Gasteiger partial charge < -0.3 is 10.8 Å². The van der Waals surface area contributed by atoms with E-state index in [9.17, 15) is 18.0 Å². The van der Waals surface area contributed by atoms with Crippen LogP contribution in [0.15, 0.2) is 24.3 Å². The Morgan fingerprint density at radius 3 is 2.56 bits per heavy atom. The van der Waals surface area contributed by atoms with Crippen LogP contribution < -0.4 is 5.73 Å². The zero-order valence-electron chi connectivity index (χ0n) is 9.37. The van der Waals surface area contributed by atoms with Crippen LogP contribution in [-0.2, 0) is 6.18 Å². The molecule has 0 saturated heterocycles. The van der Waals surface area contributed by atoms with Crippen molar-refractivity contribution < 1.29 is 23.1 Å². The first-order valence-electron chi connectivity index (χ1n) is 5.17. The van der Waals surface area contributed by atoms with Crippen molar-refractivity contribution in [1.29, 1.82) is 0 Å². The Bertz CT molecular complexity index is 467. The average molecular weight is 259 g/mol. The van der Waals surface area contributed by atoms with Gasteiger partial charge in [0.1, 0.15) is 0 Å². The Labute approximate surface area is 102 Å². The predicted molar refractivity (Wildman–Crippen MR) is 61.1 cm³/mol. The van der Waals surface area contributed by atoms with Crippen molar-refractivity contribution in [2.45, 2.75) is 12.6 Å². The van der Waals surface area contributed by atoms with Crippen LogP contribution in [0.25, 0.3) is 6.08 Å². The molecule has 0 bridgehead atoms. The molecule has 1 rings (SSSR count). The standard InChI is InChI=1S/C12H12F3NO2/c13-12(14,15)10-7-9(11(17)18)5-4-8(10)3-1-2-6-16/h1,3-5,7H,2,6,16H2,(H,17,18). The van der Waals surface area contributed by atoms with Gasteiger partial charge in [0.15, 0.2) is 0 Å². The highest BCUT2D eigenvalue weighted by atomic mass is 19.4. The number of hydrogen-bond acceptors (Lipinski definition) is 2. The highest BCUT2D eigenvalue weighted by molar-refractivity contribution is 5.88. The quantitative estimate of drug-likeness (QED) is 0.873. The molecule has 0 aromatic heterocycles. The van der Waals surface area contributed by atoms with Gasteiger partial charge in [-0.3, -0.25) is 0 Å². The van der Waals surface area contributed by atoms with Crippen molar-refractivity contribution >= 4 is 12.0 Å². The summed E-state index contributed by atoms with van der Waals surface area (Å²) in [5, 5.41) is 8.68. The summed E-state index contributed by atoms with van der Waals surface area (Å²) in [6, 6.07) is 2.91. The highest BCUT2D eigenvalue weighted by Gasteiger charge is 2.33. The van der Waals surface area contributed by atoms with Gasteiger partial charge in [-0.05, 0) is 30.7 Å². The molecule has 0 unspecified atom stereocenters. The molecule has 1 aromatic carbocycles. The molecule has 0 atom stereocenters. The van der Waals surface area contributed by atoms with Crippen LogP contribution in [0, 0.1) is 0 Å². The number of carbonyl (C=O) groups is 1. The molecule has 98 valence electrons. The lowest BCUT2D eigenvalue weighted by Gasteiger charge is -2.11. The summed E-state index contributed by atoms with van der Waals surface area (Å²) in [6.45, 7) is 0.338. The number of aromatic carboxylic acids is 1. The van der Waals surface area contributed by atoms with E-state index in [1.165, 1.54) is 12.2 Å². The highest BCUT2D eigenvalue weighted by Crippen LogP contribution is 2.33. The molecule has 0 saturated carbocycles. The molecule has 0 fully saturated rings. The van der Waals surface area contributed by atoms with Gasteiger partial charge in [0.25, 0.3) is 0 Å². The summed E-state index contributed by atoms with van der Waals surface area (Å²) >= 11 is 0. The predicted octanol–water partition coefficient (Wildman–Crippen LogP) is 2.77. The third-order valence-corrected chi connectivity index (χ3v) is 2.24. The normalized spacial score (nSPS) is 12.0. The molecule has 1 aromatic rings. The Morgan fingerprint density at radius 1 is 1.39 bits per heavy atom. The minimum Gasteiger partial charge on any atom is -0.478 e. The maximum absolute atomic E-state index is 12.7. The van der Waals surface area contributed by atoms with Gasteiger partial charge in [-0.25, -0.2) is 4.79 Å². The van der Waals surface area contributed by atoms with Crippen molar-refractivity contribution in [2.75, 3.05) is 6.54 Å². The molecule has 6 heteroatoms. The first kappa shape index (κ1) is 14.2. The summed E-state index contributed by atoms with van der Waals surface area (Å²) < 4.78 is 38.2. The molecule has 0 spiro atoms. The van der Waals surface area contributed by atoms with Gasteiger partial charge in [-0.2, -0.15) is 13.2 Å². The largest absolute Gasteiger partial charge is 0.478 e. The Morgan fingerprint density at radius 2 is 2.06 bits per heavy atom. The van der Waals surface area contributed by atoms with E-state index < -0.39 is 23.3 Å². The lowest BCUT2D eigenvalue weighted by molar-refractivity contribution is -0.137. The minimum absolute atomic E-state index is 0.0686. The van der Waals surface area contributed by atoms with Gasteiger partial charge in [0.05, 0.1) is 11.1 Å². The molecule has 0 aliphatic heterocycles. The van der Waals surface area contributed by atoms with Gasteiger partial charge in [-0.1, -0.05) is 18.2 Å². The number of carboxylic acids is 1. The fraction of sp³-hybridized carbons (Fsp3) is 0.250. The Hall–Kier alpha value is -1.82. The van der Waals surface area contributed by atoms with E-state index in [1.807, 2.05) is 0 Å². The van der Waals surface area contributed by atoms with Crippen LogP contribution >= 0.6 is 0 Å². The summed E-state index contributed by atoms with van der Waals surface area (Å²) in [4.78, 5) is 10.6. The lowest BCUT2D eigenvalue weighted by atomic mass is 10.0. The molecule has 18 heavy (non-hydrogen) atoms. The summed E-state index contributed by atoms with van der Waals surface area (Å²) in [6.07, 6.45) is -1.32. The third kappa shape index (κ3) is 3.59. The molecule has 0 amide bonds. The van der Waals surface area contributed by atoms with Crippen LogP contribution in [0.4, 0.5) is 13.2 Å². The average Bonchev–Trinajstić information content (AvgIpc) is 2.28. The maximum atomic E-state index is 12.7. The molecule has 0 heterocycles. The number of rotatable bonds is 4. The maximum Gasteiger partial charge on any atom is 0.417 e. The van der Waals surface area contributed by atoms with Gasteiger partial charge in [-0.15, -0.1) is 0 Å². The van der Waals surface area contributed by atoms with Crippen molar-refractivity contribution in [1.82, 2.24) is 0 Å². The molecular formula is C12H12F3NO2. The smallest absolute Gasteiger partial charge is 0.417 e. The first-order valence-corrected chi connectivity index (χ1v) is 5.17. The number of halogens is 3. The van der Waals surface area contributed by atoms with Gasteiger partial charge >= 0.3 is 12.1 Å². The van der Waals surface area contributed by atoms with Gasteiger partial charge in [0.2, 0.25) is 0 Å². The van der Waals surface area contributed by atoms with E-state index in [4.69, 9.17) is 10.8 Å². The van der Waals surface area contributed by atoms with E-state index in [0.717, 1.165) is 12.1 Å². The van der Waals surface area contributed by atoms with Crippen molar-refractivity contribution in [3.05, 3.63) is 41.0 Å². The fourth-order valence-corrected chi connectivity index (χ4v) is 1.39. The summed E-state index contributed by atoms with van der Waals surface area (Å²) in [7, 11) is 0. The van der Waals surface area contributed by atoms with Crippen LogP contribution in [0.1, 0.15) is 27.9 Å². The number of nitrogens with two attached hydrogens (primary N) is 1. The fourth-order valence-electron chi connectivity index (χ4n) is 1.39. The molecule has 0 aliphatic rings. The second kappa shape index (κ2) is 5.68. The van der Waals surface area contributed by atoms with Crippen LogP contribution in [0.2, 0.25) is 0 Å². The second-order valence-corrected chi connectivity index (χ2v) is 3.58. The number of carboxylic acid groups (broad SMARTS) is 1. The van der Waals surface area contributed by atoms with E-state index in [1.54, 1.807) is 0 Å². The van der Waals surface area contributed by atoms with E-state index in [0.29, 0.717) is 19.0 Å². The molecular weight excluding hydrogens is 247 g/mol.